The Morgan fingerprint density at radius 2 is 1.74 bits per heavy atom. The van der Waals surface area contributed by atoms with E-state index in [2.05, 4.69) is 0 Å². The van der Waals surface area contributed by atoms with E-state index in [4.69, 9.17) is 10.5 Å². The average Bonchev–Trinajstić information content (AvgIpc) is 2.95. The predicted octanol–water partition coefficient (Wildman–Crippen LogP) is 2.71. The topological polar surface area (TPSA) is 72.6 Å². The summed E-state index contributed by atoms with van der Waals surface area (Å²) in [5, 5.41) is 0.0236. The number of β-lactam (4-membered cyclic amide) rings is 1. The number of ether oxygens (including phenoxy) is 1. The van der Waals surface area contributed by atoms with Crippen molar-refractivity contribution in [2.75, 3.05) is 6.54 Å². The third-order valence-corrected chi connectivity index (χ3v) is 6.87. The van der Waals surface area contributed by atoms with Crippen LogP contribution in [0.25, 0.3) is 0 Å². The van der Waals surface area contributed by atoms with Gasteiger partial charge in [0.1, 0.15) is 6.04 Å². The number of fused-ring (bicyclic) bond motifs is 1. The van der Waals surface area contributed by atoms with Crippen LogP contribution in [0.2, 0.25) is 0 Å². The van der Waals surface area contributed by atoms with Gasteiger partial charge in [-0.2, -0.15) is 0 Å². The first-order valence-corrected chi connectivity index (χ1v) is 9.91. The molecule has 27 heavy (non-hydrogen) atoms. The number of amides is 1. The Balaban J connectivity index is 1.65. The summed E-state index contributed by atoms with van der Waals surface area (Å²) in [6.07, 6.45) is -0.0625. The predicted molar refractivity (Wildman–Crippen MR) is 105 cm³/mol. The van der Waals surface area contributed by atoms with Crippen molar-refractivity contribution in [3.05, 3.63) is 71.8 Å². The highest BCUT2D eigenvalue weighted by Gasteiger charge is 2.60. The quantitative estimate of drug-likeness (QED) is 0.636. The van der Waals surface area contributed by atoms with Crippen LogP contribution in [0.1, 0.15) is 30.6 Å². The van der Waals surface area contributed by atoms with Gasteiger partial charge in [-0.15, -0.1) is 11.8 Å². The summed E-state index contributed by atoms with van der Waals surface area (Å²) in [5.74, 6) is -0.411. The maximum absolute atomic E-state index is 13.2. The number of carbonyl (C=O) groups excluding carboxylic acids is 2. The SMILES string of the molecule is CC1(CN)SC2CC(=O)N2C1C(=O)OC(c1ccccc1)c1ccccc1. The molecule has 0 aliphatic carbocycles. The number of benzene rings is 2. The molecular formula is C21H22N2O3S. The van der Waals surface area contributed by atoms with Gasteiger partial charge in [-0.1, -0.05) is 60.7 Å². The van der Waals surface area contributed by atoms with Gasteiger partial charge < -0.3 is 15.4 Å². The number of hydrogen-bond donors (Lipinski definition) is 1. The van der Waals surface area contributed by atoms with E-state index in [0.717, 1.165) is 11.1 Å². The van der Waals surface area contributed by atoms with Crippen molar-refractivity contribution in [3.8, 4) is 0 Å². The molecule has 0 spiro atoms. The molecule has 0 saturated carbocycles. The summed E-state index contributed by atoms with van der Waals surface area (Å²) in [7, 11) is 0. The summed E-state index contributed by atoms with van der Waals surface area (Å²) in [5.41, 5.74) is 7.76. The van der Waals surface area contributed by atoms with E-state index < -0.39 is 22.9 Å². The molecular weight excluding hydrogens is 360 g/mol. The van der Waals surface area contributed by atoms with E-state index in [-0.39, 0.29) is 11.3 Å². The number of nitrogens with zero attached hydrogens (tertiary/aromatic N) is 1. The highest BCUT2D eigenvalue weighted by Crippen LogP contribution is 2.51. The first-order chi connectivity index (χ1) is 13.0. The third kappa shape index (κ3) is 3.13. The van der Waals surface area contributed by atoms with Gasteiger partial charge in [-0.3, -0.25) is 4.79 Å². The minimum Gasteiger partial charge on any atom is -0.451 e. The molecule has 2 aromatic rings. The molecule has 2 fully saturated rings. The van der Waals surface area contributed by atoms with Crippen LogP contribution in [-0.2, 0) is 14.3 Å². The lowest BCUT2D eigenvalue weighted by molar-refractivity contribution is -0.164. The number of nitrogens with two attached hydrogens (primary N) is 1. The number of hydrogen-bond acceptors (Lipinski definition) is 5. The minimum absolute atomic E-state index is 0.0115. The van der Waals surface area contributed by atoms with Crippen LogP contribution in [-0.4, -0.2) is 39.5 Å². The third-order valence-electron chi connectivity index (χ3n) is 5.28. The van der Waals surface area contributed by atoms with Gasteiger partial charge in [-0.05, 0) is 18.1 Å². The van der Waals surface area contributed by atoms with Gasteiger partial charge in [0.15, 0.2) is 6.10 Å². The Kier molecular flexibility index (Phi) is 4.70. The Hall–Kier alpha value is -2.31. The van der Waals surface area contributed by atoms with Gasteiger partial charge >= 0.3 is 5.97 Å². The van der Waals surface area contributed by atoms with Crippen molar-refractivity contribution in [1.29, 1.82) is 0 Å². The summed E-state index contributed by atoms with van der Waals surface area (Å²) < 4.78 is 5.47. The second-order valence-electron chi connectivity index (χ2n) is 7.14. The minimum atomic E-state index is -0.659. The fraction of sp³-hybridized carbons (Fsp3) is 0.333. The fourth-order valence-electron chi connectivity index (χ4n) is 3.77. The van der Waals surface area contributed by atoms with Crippen LogP contribution in [0.4, 0.5) is 0 Å². The maximum Gasteiger partial charge on any atom is 0.331 e. The normalized spacial score (nSPS) is 26.6. The van der Waals surface area contributed by atoms with E-state index in [9.17, 15) is 9.59 Å². The second-order valence-corrected chi connectivity index (χ2v) is 8.85. The highest BCUT2D eigenvalue weighted by atomic mass is 32.2. The fourth-order valence-corrected chi connectivity index (χ4v) is 5.40. The first kappa shape index (κ1) is 18.1. The van der Waals surface area contributed by atoms with Gasteiger partial charge in [0, 0.05) is 6.54 Å². The van der Waals surface area contributed by atoms with Crippen molar-refractivity contribution in [3.63, 3.8) is 0 Å². The van der Waals surface area contributed by atoms with Crippen LogP contribution >= 0.6 is 11.8 Å². The van der Waals surface area contributed by atoms with Crippen LogP contribution in [0.5, 0.6) is 0 Å². The zero-order chi connectivity index (χ0) is 19.0. The molecule has 5 nitrogen and oxygen atoms in total. The van der Waals surface area contributed by atoms with Crippen molar-refractivity contribution >= 4 is 23.6 Å². The van der Waals surface area contributed by atoms with Gasteiger partial charge in [0.25, 0.3) is 0 Å². The lowest BCUT2D eigenvalue weighted by atomic mass is 9.96. The van der Waals surface area contributed by atoms with Crippen molar-refractivity contribution < 1.29 is 14.3 Å². The van der Waals surface area contributed by atoms with E-state index >= 15 is 0 Å². The molecule has 0 radical (unpaired) electrons. The van der Waals surface area contributed by atoms with Crippen LogP contribution < -0.4 is 5.73 Å². The molecule has 2 N–H and O–H groups in total. The second kappa shape index (κ2) is 7.02. The van der Waals surface area contributed by atoms with Gasteiger partial charge in [-0.25, -0.2) is 4.79 Å². The summed E-state index contributed by atoms with van der Waals surface area (Å²) >= 11 is 1.60. The standard InChI is InChI=1S/C21H22N2O3S/c1-21(13-22)19(23-16(24)12-17(23)27-21)20(25)26-18(14-8-4-2-5-9-14)15-10-6-3-7-11-15/h2-11,17-19H,12-13,22H2,1H3. The highest BCUT2D eigenvalue weighted by molar-refractivity contribution is 8.01. The van der Waals surface area contributed by atoms with Crippen LogP contribution in [0, 0.1) is 0 Å². The molecule has 2 aliphatic rings. The summed E-state index contributed by atoms with van der Waals surface area (Å²) in [6, 6.07) is 18.6. The van der Waals surface area contributed by atoms with E-state index in [1.165, 1.54) is 0 Å². The lowest BCUT2D eigenvalue weighted by Crippen LogP contribution is -2.59. The largest absolute Gasteiger partial charge is 0.451 e. The summed E-state index contributed by atoms with van der Waals surface area (Å²) in [6.45, 7) is 2.24. The molecule has 1 amide bonds. The molecule has 6 heteroatoms. The van der Waals surface area contributed by atoms with Gasteiger partial charge in [0.2, 0.25) is 5.91 Å². The first-order valence-electron chi connectivity index (χ1n) is 9.03. The molecule has 4 rings (SSSR count). The zero-order valence-corrected chi connectivity index (χ0v) is 15.9. The zero-order valence-electron chi connectivity index (χ0n) is 15.1. The van der Waals surface area contributed by atoms with E-state index in [1.54, 1.807) is 16.7 Å². The monoisotopic (exact) mass is 382 g/mol. The molecule has 3 atom stereocenters. The average molecular weight is 382 g/mol. The van der Waals surface area contributed by atoms with Gasteiger partial charge in [0.05, 0.1) is 16.5 Å². The number of thioether (sulfide) groups is 1. The smallest absolute Gasteiger partial charge is 0.331 e. The molecule has 0 aromatic heterocycles. The molecule has 3 unspecified atom stereocenters. The Labute approximate surface area is 162 Å². The molecule has 2 saturated heterocycles. The molecule has 0 bridgehead atoms. The molecule has 2 aromatic carbocycles. The number of rotatable bonds is 5. The maximum atomic E-state index is 13.2. The molecule has 140 valence electrons. The number of esters is 1. The van der Waals surface area contributed by atoms with Crippen molar-refractivity contribution in [1.82, 2.24) is 4.90 Å². The Morgan fingerprint density at radius 3 is 2.22 bits per heavy atom. The van der Waals surface area contributed by atoms with E-state index in [0.29, 0.717) is 13.0 Å². The van der Waals surface area contributed by atoms with Crippen LogP contribution in [0.15, 0.2) is 60.7 Å². The number of carbonyl (C=O) groups is 2. The van der Waals surface area contributed by atoms with Crippen molar-refractivity contribution in [2.45, 2.75) is 35.6 Å². The Bertz CT molecular complexity index is 806. The molecule has 2 heterocycles. The molecule has 2 aliphatic heterocycles. The van der Waals surface area contributed by atoms with Crippen LogP contribution in [0.3, 0.4) is 0 Å². The lowest BCUT2D eigenvalue weighted by Gasteiger charge is -2.38. The van der Waals surface area contributed by atoms with E-state index in [1.807, 2.05) is 67.6 Å². The van der Waals surface area contributed by atoms with Crippen molar-refractivity contribution in [2.24, 2.45) is 5.73 Å². The Morgan fingerprint density at radius 1 is 1.19 bits per heavy atom. The summed E-state index contributed by atoms with van der Waals surface area (Å²) in [4.78, 5) is 27.0.